The fraction of sp³-hybridized carbons (Fsp3) is 0.462. The molecule has 0 fully saturated rings. The molecule has 0 spiro atoms. The summed E-state index contributed by atoms with van der Waals surface area (Å²) < 4.78 is 13.5. The Labute approximate surface area is 105 Å². The van der Waals surface area contributed by atoms with Crippen molar-refractivity contribution in [1.29, 1.82) is 0 Å². The van der Waals surface area contributed by atoms with Gasteiger partial charge in [-0.15, -0.1) is 0 Å². The summed E-state index contributed by atoms with van der Waals surface area (Å²) in [7, 11) is 0. The Hall–Kier alpha value is -1.62. The normalized spacial score (nSPS) is 14.0. The van der Waals surface area contributed by atoms with Gasteiger partial charge in [-0.1, -0.05) is 13.8 Å². The van der Waals surface area contributed by atoms with Crippen LogP contribution in [0.3, 0.4) is 0 Å². The average molecular weight is 255 g/mol. The SMILES string of the molecule is CCC(C)(CO)CNc1cc(C(=O)O)ccc1F. The lowest BCUT2D eigenvalue weighted by Gasteiger charge is -2.26. The molecule has 0 aliphatic rings. The minimum atomic E-state index is -1.10. The van der Waals surface area contributed by atoms with Gasteiger partial charge in [0.05, 0.1) is 17.9 Å². The zero-order chi connectivity index (χ0) is 13.8. The van der Waals surface area contributed by atoms with Crippen LogP contribution in [-0.2, 0) is 0 Å². The monoisotopic (exact) mass is 255 g/mol. The Morgan fingerprint density at radius 1 is 1.50 bits per heavy atom. The molecule has 18 heavy (non-hydrogen) atoms. The summed E-state index contributed by atoms with van der Waals surface area (Å²) in [6, 6.07) is 3.59. The van der Waals surface area contributed by atoms with Crippen LogP contribution >= 0.6 is 0 Å². The minimum absolute atomic E-state index is 0.0171. The highest BCUT2D eigenvalue weighted by Crippen LogP contribution is 2.23. The summed E-state index contributed by atoms with van der Waals surface area (Å²) in [5.41, 5.74) is -0.185. The fourth-order valence-corrected chi connectivity index (χ4v) is 1.40. The fourth-order valence-electron chi connectivity index (χ4n) is 1.40. The van der Waals surface area contributed by atoms with E-state index >= 15 is 0 Å². The van der Waals surface area contributed by atoms with Crippen LogP contribution in [0.15, 0.2) is 18.2 Å². The third-order valence-electron chi connectivity index (χ3n) is 3.15. The number of rotatable bonds is 6. The standard InChI is InChI=1S/C13H18FNO3/c1-3-13(2,8-16)7-15-11-6-9(12(17)18)4-5-10(11)14/h4-6,15-16H,3,7-8H2,1-2H3,(H,17,18). The van der Waals surface area contributed by atoms with Crippen LogP contribution in [0.5, 0.6) is 0 Å². The number of halogens is 1. The number of anilines is 1. The van der Waals surface area contributed by atoms with Crippen molar-refractivity contribution in [3.63, 3.8) is 0 Å². The van der Waals surface area contributed by atoms with E-state index in [1.165, 1.54) is 12.1 Å². The van der Waals surface area contributed by atoms with Gasteiger partial charge in [0.2, 0.25) is 0 Å². The van der Waals surface area contributed by atoms with Gasteiger partial charge in [-0.05, 0) is 24.6 Å². The lowest BCUT2D eigenvalue weighted by Crippen LogP contribution is -2.29. The van der Waals surface area contributed by atoms with E-state index in [9.17, 15) is 14.3 Å². The average Bonchev–Trinajstić information content (AvgIpc) is 2.37. The van der Waals surface area contributed by atoms with Gasteiger partial charge < -0.3 is 15.5 Å². The summed E-state index contributed by atoms with van der Waals surface area (Å²) in [6.07, 6.45) is 0.733. The van der Waals surface area contributed by atoms with Gasteiger partial charge in [0.1, 0.15) is 5.82 Å². The first-order chi connectivity index (χ1) is 8.41. The molecule has 0 saturated carbocycles. The predicted octanol–water partition coefficient (Wildman–Crippen LogP) is 2.34. The number of hydrogen-bond donors (Lipinski definition) is 3. The van der Waals surface area contributed by atoms with E-state index in [-0.39, 0.29) is 23.3 Å². The Morgan fingerprint density at radius 3 is 2.67 bits per heavy atom. The smallest absolute Gasteiger partial charge is 0.335 e. The number of carboxylic acid groups (broad SMARTS) is 1. The molecule has 1 rings (SSSR count). The van der Waals surface area contributed by atoms with E-state index < -0.39 is 11.8 Å². The molecule has 0 aliphatic carbocycles. The molecule has 0 radical (unpaired) electrons. The van der Waals surface area contributed by atoms with Gasteiger partial charge in [-0.2, -0.15) is 0 Å². The van der Waals surface area contributed by atoms with Crippen molar-refractivity contribution in [3.8, 4) is 0 Å². The number of carbonyl (C=O) groups is 1. The van der Waals surface area contributed by atoms with Gasteiger partial charge in [0.25, 0.3) is 0 Å². The molecule has 4 nitrogen and oxygen atoms in total. The first-order valence-corrected chi connectivity index (χ1v) is 5.79. The number of aromatic carboxylic acids is 1. The van der Waals surface area contributed by atoms with Gasteiger partial charge in [0, 0.05) is 12.0 Å². The van der Waals surface area contributed by atoms with Crippen molar-refractivity contribution in [2.24, 2.45) is 5.41 Å². The molecule has 1 aromatic carbocycles. The molecule has 0 amide bonds. The lowest BCUT2D eigenvalue weighted by molar-refractivity contribution is 0.0697. The van der Waals surface area contributed by atoms with Gasteiger partial charge in [-0.3, -0.25) is 0 Å². The summed E-state index contributed by atoms with van der Waals surface area (Å²) in [5, 5.41) is 20.9. The van der Waals surface area contributed by atoms with Crippen LogP contribution in [0, 0.1) is 11.2 Å². The Bertz CT molecular complexity index is 430. The van der Waals surface area contributed by atoms with Gasteiger partial charge in [0.15, 0.2) is 0 Å². The third kappa shape index (κ3) is 3.43. The molecule has 1 aromatic rings. The molecule has 1 unspecified atom stereocenters. The quantitative estimate of drug-likeness (QED) is 0.729. The molecular formula is C13H18FNO3. The molecule has 0 aromatic heterocycles. The van der Waals surface area contributed by atoms with Crippen LogP contribution < -0.4 is 5.32 Å². The highest BCUT2D eigenvalue weighted by Gasteiger charge is 2.21. The number of nitrogens with one attached hydrogen (secondary N) is 1. The molecular weight excluding hydrogens is 237 g/mol. The largest absolute Gasteiger partial charge is 0.478 e. The number of hydrogen-bond acceptors (Lipinski definition) is 3. The molecule has 0 heterocycles. The minimum Gasteiger partial charge on any atom is -0.478 e. The highest BCUT2D eigenvalue weighted by molar-refractivity contribution is 5.88. The van der Waals surface area contributed by atoms with Crippen molar-refractivity contribution in [2.45, 2.75) is 20.3 Å². The van der Waals surface area contributed by atoms with Crippen LogP contribution in [0.1, 0.15) is 30.6 Å². The maximum absolute atomic E-state index is 13.5. The van der Waals surface area contributed by atoms with E-state index in [0.29, 0.717) is 6.54 Å². The summed E-state index contributed by atoms with van der Waals surface area (Å²) >= 11 is 0. The molecule has 0 bridgehead atoms. The molecule has 0 saturated heterocycles. The number of carboxylic acids is 1. The van der Waals surface area contributed by atoms with Crippen molar-refractivity contribution in [2.75, 3.05) is 18.5 Å². The molecule has 0 aliphatic heterocycles. The first kappa shape index (κ1) is 14.4. The highest BCUT2D eigenvalue weighted by atomic mass is 19.1. The second-order valence-electron chi connectivity index (χ2n) is 4.68. The maximum Gasteiger partial charge on any atom is 0.335 e. The van der Waals surface area contributed by atoms with Crippen molar-refractivity contribution in [1.82, 2.24) is 0 Å². The summed E-state index contributed by atoms with van der Waals surface area (Å²) in [6.45, 7) is 4.16. The van der Waals surface area contributed by atoms with Crippen LogP contribution in [0.2, 0.25) is 0 Å². The van der Waals surface area contributed by atoms with Crippen LogP contribution in [0.25, 0.3) is 0 Å². The molecule has 1 atom stereocenters. The predicted molar refractivity (Wildman–Crippen MR) is 67.3 cm³/mol. The number of benzene rings is 1. The Balaban J connectivity index is 2.84. The molecule has 3 N–H and O–H groups in total. The topological polar surface area (TPSA) is 69.6 Å². The zero-order valence-corrected chi connectivity index (χ0v) is 10.5. The van der Waals surface area contributed by atoms with E-state index in [2.05, 4.69) is 5.32 Å². The molecule has 100 valence electrons. The Kier molecular flexibility index (Phi) is 4.67. The lowest BCUT2D eigenvalue weighted by atomic mass is 9.88. The second-order valence-corrected chi connectivity index (χ2v) is 4.68. The zero-order valence-electron chi connectivity index (χ0n) is 10.5. The summed E-state index contributed by atoms with van der Waals surface area (Å²) in [4.78, 5) is 10.8. The molecule has 5 heteroatoms. The van der Waals surface area contributed by atoms with Gasteiger partial charge in [-0.25, -0.2) is 9.18 Å². The van der Waals surface area contributed by atoms with Crippen LogP contribution in [0.4, 0.5) is 10.1 Å². The van der Waals surface area contributed by atoms with E-state index in [1.54, 1.807) is 0 Å². The Morgan fingerprint density at radius 2 is 2.17 bits per heavy atom. The van der Waals surface area contributed by atoms with Gasteiger partial charge >= 0.3 is 5.97 Å². The van der Waals surface area contributed by atoms with E-state index in [1.807, 2.05) is 13.8 Å². The summed E-state index contributed by atoms with van der Waals surface area (Å²) in [5.74, 6) is -1.60. The van der Waals surface area contributed by atoms with E-state index in [0.717, 1.165) is 12.5 Å². The van der Waals surface area contributed by atoms with Crippen LogP contribution in [-0.4, -0.2) is 29.3 Å². The number of aliphatic hydroxyl groups is 1. The van der Waals surface area contributed by atoms with E-state index in [4.69, 9.17) is 5.11 Å². The second kappa shape index (κ2) is 5.82. The van der Waals surface area contributed by atoms with Crippen molar-refractivity contribution >= 4 is 11.7 Å². The third-order valence-corrected chi connectivity index (χ3v) is 3.15. The van der Waals surface area contributed by atoms with Crippen molar-refractivity contribution in [3.05, 3.63) is 29.6 Å². The number of aliphatic hydroxyl groups excluding tert-OH is 1. The van der Waals surface area contributed by atoms with Crippen molar-refractivity contribution < 1.29 is 19.4 Å². The first-order valence-electron chi connectivity index (χ1n) is 5.79. The maximum atomic E-state index is 13.5.